The van der Waals surface area contributed by atoms with Crippen LogP contribution in [0.4, 0.5) is 5.13 Å². The lowest BCUT2D eigenvalue weighted by atomic mass is 10.4. The minimum absolute atomic E-state index is 0.737. The summed E-state index contributed by atoms with van der Waals surface area (Å²) in [5.74, 6) is 6.24. The number of thiazole rings is 1. The maximum atomic E-state index is 5.28. The predicted molar refractivity (Wildman–Crippen MR) is 63.8 cm³/mol. The van der Waals surface area contributed by atoms with E-state index in [4.69, 9.17) is 10.3 Å². The van der Waals surface area contributed by atoms with Gasteiger partial charge in [0.2, 0.25) is 0 Å². The van der Waals surface area contributed by atoms with E-state index in [0.29, 0.717) is 0 Å². The van der Waals surface area contributed by atoms with Crippen LogP contribution in [0.25, 0.3) is 0 Å². The van der Waals surface area contributed by atoms with Gasteiger partial charge in [-0.1, -0.05) is 11.3 Å². The van der Waals surface area contributed by atoms with Gasteiger partial charge in [0, 0.05) is 17.6 Å². The Morgan fingerprint density at radius 2 is 2.44 bits per heavy atom. The highest BCUT2D eigenvalue weighted by atomic mass is 32.1. The molecule has 2 rings (SSSR count). The van der Waals surface area contributed by atoms with Crippen LogP contribution in [0.15, 0.2) is 29.0 Å². The molecular formula is C10H14N4OS. The quantitative estimate of drug-likeness (QED) is 0.612. The van der Waals surface area contributed by atoms with Gasteiger partial charge in [-0.25, -0.2) is 10.8 Å². The van der Waals surface area contributed by atoms with Gasteiger partial charge in [0.1, 0.15) is 5.76 Å². The maximum absolute atomic E-state index is 5.28. The second kappa shape index (κ2) is 5.11. The van der Waals surface area contributed by atoms with Crippen molar-refractivity contribution in [3.8, 4) is 0 Å². The van der Waals surface area contributed by atoms with E-state index in [1.165, 1.54) is 4.88 Å². The number of anilines is 1. The number of furan rings is 1. The van der Waals surface area contributed by atoms with Crippen LogP contribution in [0.3, 0.4) is 0 Å². The molecule has 0 aliphatic carbocycles. The highest BCUT2D eigenvalue weighted by molar-refractivity contribution is 7.15. The second-order valence-electron chi connectivity index (χ2n) is 3.53. The van der Waals surface area contributed by atoms with Crippen LogP contribution in [0.5, 0.6) is 0 Å². The molecule has 0 aromatic carbocycles. The van der Waals surface area contributed by atoms with Crippen LogP contribution in [0.2, 0.25) is 0 Å². The molecule has 0 unspecified atom stereocenters. The average Bonchev–Trinajstić information content (AvgIpc) is 2.89. The van der Waals surface area contributed by atoms with Crippen LogP contribution < -0.4 is 11.3 Å². The lowest BCUT2D eigenvalue weighted by Gasteiger charge is -2.12. The number of nitrogens with two attached hydrogens (primary N) is 1. The van der Waals surface area contributed by atoms with Gasteiger partial charge in [-0.05, 0) is 19.2 Å². The fourth-order valence-corrected chi connectivity index (χ4v) is 2.24. The van der Waals surface area contributed by atoms with Gasteiger partial charge in [0.15, 0.2) is 5.13 Å². The van der Waals surface area contributed by atoms with Crippen molar-refractivity contribution < 1.29 is 4.42 Å². The Labute approximate surface area is 97.9 Å². The van der Waals surface area contributed by atoms with Crippen LogP contribution >= 0.6 is 11.3 Å². The van der Waals surface area contributed by atoms with Crippen LogP contribution in [-0.4, -0.2) is 16.9 Å². The minimum Gasteiger partial charge on any atom is -0.468 e. The fraction of sp³-hybridized carbons (Fsp3) is 0.300. The standard InChI is InChI=1S/C10H14N4OS/c1-14(6-8-3-2-4-15-8)7-9-5-12-10(13-11)16-9/h2-5H,6-7,11H2,1H3,(H,12,13). The Kier molecular flexibility index (Phi) is 3.55. The number of aromatic nitrogens is 1. The summed E-state index contributed by atoms with van der Waals surface area (Å²) in [6, 6.07) is 3.86. The average molecular weight is 238 g/mol. The van der Waals surface area contributed by atoms with E-state index < -0.39 is 0 Å². The third kappa shape index (κ3) is 2.82. The number of nitrogen functional groups attached to an aromatic ring is 1. The first-order valence-corrected chi connectivity index (χ1v) is 5.72. The highest BCUT2D eigenvalue weighted by Gasteiger charge is 2.06. The number of nitrogens with zero attached hydrogens (tertiary/aromatic N) is 2. The van der Waals surface area contributed by atoms with E-state index in [0.717, 1.165) is 24.0 Å². The molecule has 2 heterocycles. The molecule has 0 aliphatic heterocycles. The first-order valence-electron chi connectivity index (χ1n) is 4.90. The summed E-state index contributed by atoms with van der Waals surface area (Å²) in [6.07, 6.45) is 3.52. The molecule has 6 heteroatoms. The van der Waals surface area contributed by atoms with E-state index >= 15 is 0 Å². The van der Waals surface area contributed by atoms with Crippen molar-refractivity contribution in [3.05, 3.63) is 35.2 Å². The van der Waals surface area contributed by atoms with E-state index in [-0.39, 0.29) is 0 Å². The van der Waals surface area contributed by atoms with E-state index in [1.54, 1.807) is 17.6 Å². The van der Waals surface area contributed by atoms with Crippen molar-refractivity contribution >= 4 is 16.5 Å². The molecule has 0 saturated heterocycles. The van der Waals surface area contributed by atoms with Crippen LogP contribution in [0, 0.1) is 0 Å². The predicted octanol–water partition coefficient (Wildman–Crippen LogP) is 1.65. The Hall–Kier alpha value is -1.37. The molecule has 0 atom stereocenters. The molecule has 0 radical (unpaired) electrons. The van der Waals surface area contributed by atoms with Gasteiger partial charge in [0.25, 0.3) is 0 Å². The zero-order valence-electron chi connectivity index (χ0n) is 9.01. The largest absolute Gasteiger partial charge is 0.468 e. The van der Waals surface area contributed by atoms with Crippen molar-refractivity contribution in [1.82, 2.24) is 9.88 Å². The van der Waals surface area contributed by atoms with E-state index in [1.807, 2.05) is 25.4 Å². The Morgan fingerprint density at radius 3 is 3.06 bits per heavy atom. The van der Waals surface area contributed by atoms with Gasteiger partial charge < -0.3 is 4.42 Å². The van der Waals surface area contributed by atoms with Crippen molar-refractivity contribution in [1.29, 1.82) is 0 Å². The topological polar surface area (TPSA) is 67.3 Å². The number of hydrazine groups is 1. The molecule has 16 heavy (non-hydrogen) atoms. The molecule has 0 spiro atoms. The first kappa shape index (κ1) is 11.1. The van der Waals surface area contributed by atoms with E-state index in [9.17, 15) is 0 Å². The van der Waals surface area contributed by atoms with Gasteiger partial charge in [-0.3, -0.25) is 10.3 Å². The van der Waals surface area contributed by atoms with Gasteiger partial charge >= 0.3 is 0 Å². The molecule has 0 fully saturated rings. The maximum Gasteiger partial charge on any atom is 0.197 e. The summed E-state index contributed by atoms with van der Waals surface area (Å²) in [5, 5.41) is 0.737. The van der Waals surface area contributed by atoms with Crippen LogP contribution in [0.1, 0.15) is 10.6 Å². The highest BCUT2D eigenvalue weighted by Crippen LogP contribution is 2.18. The number of nitrogens with one attached hydrogen (secondary N) is 1. The fourth-order valence-electron chi connectivity index (χ4n) is 1.44. The van der Waals surface area contributed by atoms with Gasteiger partial charge in [-0.2, -0.15) is 0 Å². The molecule has 0 bridgehead atoms. The summed E-state index contributed by atoms with van der Waals surface area (Å²) in [6.45, 7) is 1.62. The third-order valence-electron chi connectivity index (χ3n) is 2.11. The molecule has 0 saturated carbocycles. The third-order valence-corrected chi connectivity index (χ3v) is 3.02. The monoisotopic (exact) mass is 238 g/mol. The van der Waals surface area contributed by atoms with Crippen molar-refractivity contribution in [2.24, 2.45) is 5.84 Å². The molecule has 0 aliphatic rings. The summed E-state index contributed by atoms with van der Waals surface area (Å²) in [4.78, 5) is 7.44. The molecule has 5 nitrogen and oxygen atoms in total. The first-order chi connectivity index (χ1) is 7.78. The second-order valence-corrected chi connectivity index (χ2v) is 4.64. The number of hydrogen-bond donors (Lipinski definition) is 2. The normalized spacial score (nSPS) is 10.9. The van der Waals surface area contributed by atoms with Crippen molar-refractivity contribution in [3.63, 3.8) is 0 Å². The summed E-state index contributed by atoms with van der Waals surface area (Å²) in [7, 11) is 2.04. The van der Waals surface area contributed by atoms with E-state index in [2.05, 4.69) is 15.3 Å². The van der Waals surface area contributed by atoms with Gasteiger partial charge in [0.05, 0.1) is 12.8 Å². The summed E-state index contributed by atoms with van der Waals surface area (Å²) >= 11 is 1.55. The van der Waals surface area contributed by atoms with Crippen molar-refractivity contribution in [2.45, 2.75) is 13.1 Å². The smallest absolute Gasteiger partial charge is 0.197 e. The van der Waals surface area contributed by atoms with Crippen LogP contribution in [-0.2, 0) is 13.1 Å². The molecule has 3 N–H and O–H groups in total. The summed E-state index contributed by atoms with van der Waals surface area (Å²) in [5.41, 5.74) is 2.54. The molecule has 2 aromatic rings. The number of rotatable bonds is 5. The minimum atomic E-state index is 0.737. The lowest BCUT2D eigenvalue weighted by molar-refractivity contribution is 0.290. The van der Waals surface area contributed by atoms with Crippen molar-refractivity contribution in [2.75, 3.05) is 12.5 Å². The SMILES string of the molecule is CN(Cc1ccco1)Cc1cnc(NN)s1. The zero-order valence-corrected chi connectivity index (χ0v) is 9.83. The zero-order chi connectivity index (χ0) is 11.4. The Morgan fingerprint density at radius 1 is 1.56 bits per heavy atom. The molecule has 86 valence electrons. The summed E-state index contributed by atoms with van der Waals surface area (Å²) < 4.78 is 5.28. The Balaban J connectivity index is 1.89. The molecule has 0 amide bonds. The Bertz CT molecular complexity index is 426. The molecule has 2 aromatic heterocycles. The molecular weight excluding hydrogens is 224 g/mol. The van der Waals surface area contributed by atoms with Gasteiger partial charge in [-0.15, -0.1) is 0 Å². The lowest BCUT2D eigenvalue weighted by Crippen LogP contribution is -2.16. The number of hydrogen-bond acceptors (Lipinski definition) is 6.